The third kappa shape index (κ3) is 2.39. The normalized spacial score (nSPS) is 28.2. The fourth-order valence-electron chi connectivity index (χ4n) is 4.77. The molecule has 140 valence electrons. The van der Waals surface area contributed by atoms with Gasteiger partial charge in [0.1, 0.15) is 0 Å². The Morgan fingerprint density at radius 1 is 1.31 bits per heavy atom. The topological polar surface area (TPSA) is 95.0 Å². The molecule has 7 nitrogen and oxygen atoms in total. The lowest BCUT2D eigenvalue weighted by Gasteiger charge is -2.23. The molecule has 1 aromatic carbocycles. The van der Waals surface area contributed by atoms with Crippen LogP contribution in [0.3, 0.4) is 0 Å². The van der Waals surface area contributed by atoms with Gasteiger partial charge in [-0.05, 0) is 42.9 Å². The van der Waals surface area contributed by atoms with Gasteiger partial charge in [0.25, 0.3) is 0 Å². The number of hydrogen-bond donors (Lipinski definition) is 1. The first-order chi connectivity index (χ1) is 12.3. The van der Waals surface area contributed by atoms with E-state index in [-0.39, 0.29) is 29.8 Å². The van der Waals surface area contributed by atoms with Crippen molar-refractivity contribution >= 4 is 27.6 Å². The highest BCUT2D eigenvalue weighted by molar-refractivity contribution is 7.89. The van der Waals surface area contributed by atoms with Gasteiger partial charge < -0.3 is 10.0 Å². The predicted molar refractivity (Wildman–Crippen MR) is 94.3 cm³/mol. The lowest BCUT2D eigenvalue weighted by molar-refractivity contribution is -0.149. The number of rotatable bonds is 3. The van der Waals surface area contributed by atoms with Gasteiger partial charge in [-0.3, -0.25) is 9.59 Å². The van der Waals surface area contributed by atoms with Crippen molar-refractivity contribution in [2.45, 2.75) is 37.5 Å². The van der Waals surface area contributed by atoms with Crippen molar-refractivity contribution in [2.24, 2.45) is 11.3 Å². The van der Waals surface area contributed by atoms with Crippen LogP contribution in [0.4, 0.5) is 5.69 Å². The van der Waals surface area contributed by atoms with Crippen molar-refractivity contribution in [1.29, 1.82) is 0 Å². The van der Waals surface area contributed by atoms with E-state index < -0.39 is 21.4 Å². The lowest BCUT2D eigenvalue weighted by atomic mass is 9.81. The van der Waals surface area contributed by atoms with Gasteiger partial charge in [0.15, 0.2) is 0 Å². The van der Waals surface area contributed by atoms with Gasteiger partial charge in [-0.25, -0.2) is 8.42 Å². The van der Waals surface area contributed by atoms with Crippen LogP contribution in [-0.2, 0) is 26.0 Å². The maximum atomic E-state index is 13.1. The number of carboxylic acids is 1. The first-order valence-electron chi connectivity index (χ1n) is 8.90. The number of carbonyl (C=O) groups is 2. The molecule has 1 N–H and O–H groups in total. The molecule has 26 heavy (non-hydrogen) atoms. The molecule has 1 saturated heterocycles. The van der Waals surface area contributed by atoms with Crippen LogP contribution in [-0.4, -0.2) is 49.3 Å². The Labute approximate surface area is 152 Å². The van der Waals surface area contributed by atoms with Crippen LogP contribution in [0, 0.1) is 11.3 Å². The molecule has 2 atom stereocenters. The Balaban J connectivity index is 1.68. The summed E-state index contributed by atoms with van der Waals surface area (Å²) in [4.78, 5) is 25.3. The average molecular weight is 378 g/mol. The highest BCUT2D eigenvalue weighted by Gasteiger charge is 2.57. The summed E-state index contributed by atoms with van der Waals surface area (Å²) in [5.74, 6) is -1.13. The highest BCUT2D eigenvalue weighted by Crippen LogP contribution is 2.50. The minimum atomic E-state index is -3.79. The fourth-order valence-corrected chi connectivity index (χ4v) is 6.35. The molecule has 0 aromatic heterocycles. The van der Waals surface area contributed by atoms with Crippen molar-refractivity contribution in [3.8, 4) is 0 Å². The summed E-state index contributed by atoms with van der Waals surface area (Å²) in [6.07, 6.45) is 2.82. The number of amides is 1. The van der Waals surface area contributed by atoms with E-state index >= 15 is 0 Å². The Morgan fingerprint density at radius 2 is 2.08 bits per heavy atom. The zero-order chi connectivity index (χ0) is 18.7. The lowest BCUT2D eigenvalue weighted by Crippen LogP contribution is -2.37. The molecule has 0 radical (unpaired) electrons. The van der Waals surface area contributed by atoms with E-state index in [1.54, 1.807) is 23.1 Å². The smallest absolute Gasteiger partial charge is 0.311 e. The minimum absolute atomic E-state index is 0.0306. The maximum Gasteiger partial charge on any atom is 0.311 e. The van der Waals surface area contributed by atoms with Crippen molar-refractivity contribution < 1.29 is 23.1 Å². The molecule has 1 aliphatic carbocycles. The van der Waals surface area contributed by atoms with E-state index in [0.717, 1.165) is 18.4 Å². The largest absolute Gasteiger partial charge is 0.481 e. The second-order valence-corrected chi connectivity index (χ2v) is 9.50. The van der Waals surface area contributed by atoms with Crippen LogP contribution in [0.2, 0.25) is 0 Å². The number of fused-ring (bicyclic) bond motifs is 2. The summed E-state index contributed by atoms with van der Waals surface area (Å²) < 4.78 is 27.6. The van der Waals surface area contributed by atoms with Crippen LogP contribution < -0.4 is 4.90 Å². The van der Waals surface area contributed by atoms with Gasteiger partial charge in [-0.15, -0.1) is 0 Å². The van der Waals surface area contributed by atoms with E-state index in [2.05, 4.69) is 0 Å². The van der Waals surface area contributed by atoms with E-state index in [1.807, 2.05) is 0 Å². The fraction of sp³-hybridized carbons (Fsp3) is 0.556. The van der Waals surface area contributed by atoms with Crippen LogP contribution in [0.5, 0.6) is 0 Å². The number of aliphatic carboxylic acids is 1. The van der Waals surface area contributed by atoms with Gasteiger partial charge >= 0.3 is 5.97 Å². The second kappa shape index (κ2) is 5.79. The zero-order valence-electron chi connectivity index (χ0n) is 14.6. The number of nitrogens with zero attached hydrogens (tertiary/aromatic N) is 2. The Bertz CT molecular complexity index is 897. The molecule has 0 bridgehead atoms. The third-order valence-electron chi connectivity index (χ3n) is 6.24. The van der Waals surface area contributed by atoms with Crippen LogP contribution >= 0.6 is 0 Å². The SMILES string of the molecule is CC(=O)N1CCc2ccc(S(=O)(=O)N3C[C@@H]4CCC[C@@]4(C(=O)O)C3)cc21. The molecule has 2 fully saturated rings. The molecular weight excluding hydrogens is 356 g/mol. The zero-order valence-corrected chi connectivity index (χ0v) is 15.5. The number of hydrogen-bond acceptors (Lipinski definition) is 4. The van der Waals surface area contributed by atoms with Crippen LogP contribution in [0.1, 0.15) is 31.7 Å². The predicted octanol–water partition coefficient (Wildman–Crippen LogP) is 1.47. The summed E-state index contributed by atoms with van der Waals surface area (Å²) in [6.45, 7) is 2.31. The molecular formula is C18H22N2O5S. The molecule has 8 heteroatoms. The number of sulfonamides is 1. The van der Waals surface area contributed by atoms with E-state index in [0.29, 0.717) is 25.1 Å². The Hall–Kier alpha value is -1.93. The number of benzene rings is 1. The molecule has 2 heterocycles. The third-order valence-corrected chi connectivity index (χ3v) is 8.04. The van der Waals surface area contributed by atoms with E-state index in [4.69, 9.17) is 0 Å². The summed E-state index contributed by atoms with van der Waals surface area (Å²) in [5, 5.41) is 9.69. The van der Waals surface area contributed by atoms with Crippen LogP contribution in [0.25, 0.3) is 0 Å². The molecule has 3 aliphatic rings. The summed E-state index contributed by atoms with van der Waals surface area (Å²) in [5.41, 5.74) is 0.653. The molecule has 0 spiro atoms. The Kier molecular flexibility index (Phi) is 3.89. The van der Waals surface area contributed by atoms with Crippen molar-refractivity contribution in [1.82, 2.24) is 4.31 Å². The summed E-state index contributed by atoms with van der Waals surface area (Å²) in [6, 6.07) is 4.88. The summed E-state index contributed by atoms with van der Waals surface area (Å²) in [7, 11) is -3.79. The number of carbonyl (C=O) groups excluding carboxylic acids is 1. The first kappa shape index (κ1) is 17.5. The van der Waals surface area contributed by atoms with Crippen molar-refractivity contribution in [2.75, 3.05) is 24.5 Å². The van der Waals surface area contributed by atoms with Crippen molar-refractivity contribution in [3.63, 3.8) is 0 Å². The van der Waals surface area contributed by atoms with Gasteiger partial charge in [0, 0.05) is 32.2 Å². The van der Waals surface area contributed by atoms with Gasteiger partial charge in [0.05, 0.1) is 10.3 Å². The molecule has 1 saturated carbocycles. The number of carboxylic acid groups (broad SMARTS) is 1. The molecule has 0 unspecified atom stereocenters. The minimum Gasteiger partial charge on any atom is -0.481 e. The monoisotopic (exact) mass is 378 g/mol. The standard InChI is InChI=1S/C18H22N2O5S/c1-12(21)20-8-6-13-4-5-15(9-16(13)20)26(24,25)19-10-14-3-2-7-18(14,11-19)17(22)23/h4-5,9,14H,2-3,6-8,10-11H2,1H3,(H,22,23)/t14-,18+/m0/s1. The first-order valence-corrected chi connectivity index (χ1v) is 10.3. The van der Waals surface area contributed by atoms with Gasteiger partial charge in [0.2, 0.25) is 15.9 Å². The second-order valence-electron chi connectivity index (χ2n) is 7.56. The molecule has 1 aromatic rings. The maximum absolute atomic E-state index is 13.1. The van der Waals surface area contributed by atoms with E-state index in [9.17, 15) is 23.1 Å². The number of anilines is 1. The van der Waals surface area contributed by atoms with Gasteiger partial charge in [-0.2, -0.15) is 4.31 Å². The molecule has 2 aliphatic heterocycles. The Morgan fingerprint density at radius 3 is 2.73 bits per heavy atom. The quantitative estimate of drug-likeness (QED) is 0.859. The van der Waals surface area contributed by atoms with Crippen LogP contribution in [0.15, 0.2) is 23.1 Å². The molecule has 1 amide bonds. The highest BCUT2D eigenvalue weighted by atomic mass is 32.2. The van der Waals surface area contributed by atoms with Crippen molar-refractivity contribution in [3.05, 3.63) is 23.8 Å². The average Bonchev–Trinajstić information content (AvgIpc) is 3.26. The molecule has 4 rings (SSSR count). The summed E-state index contributed by atoms with van der Waals surface area (Å²) >= 11 is 0. The van der Waals surface area contributed by atoms with E-state index in [1.165, 1.54) is 11.2 Å². The van der Waals surface area contributed by atoms with Gasteiger partial charge in [-0.1, -0.05) is 12.5 Å².